The van der Waals surface area contributed by atoms with Gasteiger partial charge in [-0.25, -0.2) is 0 Å². The quantitative estimate of drug-likeness (QED) is 0.852. The highest BCUT2D eigenvalue weighted by Gasteiger charge is 2.20. The molecule has 0 saturated carbocycles. The van der Waals surface area contributed by atoms with Gasteiger partial charge in [0.25, 0.3) is 0 Å². The fourth-order valence-corrected chi connectivity index (χ4v) is 2.32. The first kappa shape index (κ1) is 12.6. The van der Waals surface area contributed by atoms with Gasteiger partial charge in [0.1, 0.15) is 5.75 Å². The van der Waals surface area contributed by atoms with Crippen molar-refractivity contribution >= 4 is 11.6 Å². The largest absolute Gasteiger partial charge is 0.496 e. The maximum absolute atomic E-state index is 11.3. The van der Waals surface area contributed by atoms with E-state index in [0.717, 1.165) is 29.4 Å². The molecule has 1 aliphatic rings. The third kappa shape index (κ3) is 2.34. The Morgan fingerprint density at radius 3 is 2.65 bits per heavy atom. The molecule has 2 heterocycles. The Balaban J connectivity index is 1.87. The third-order valence-corrected chi connectivity index (χ3v) is 3.39. The number of ketones is 1. The van der Waals surface area contributed by atoms with Crippen molar-refractivity contribution in [2.45, 2.75) is 6.42 Å². The number of aromatic nitrogens is 2. The molecule has 1 aromatic heterocycles. The third-order valence-electron chi connectivity index (χ3n) is 3.39. The number of para-hydroxylation sites is 1. The predicted molar refractivity (Wildman–Crippen MR) is 75.9 cm³/mol. The van der Waals surface area contributed by atoms with Gasteiger partial charge < -0.3 is 9.64 Å². The van der Waals surface area contributed by atoms with E-state index in [1.807, 2.05) is 41.3 Å². The molecule has 0 bridgehead atoms. The van der Waals surface area contributed by atoms with Crippen molar-refractivity contribution in [2.24, 2.45) is 0 Å². The van der Waals surface area contributed by atoms with Gasteiger partial charge in [0.15, 0.2) is 11.6 Å². The van der Waals surface area contributed by atoms with Crippen molar-refractivity contribution in [2.75, 3.05) is 25.1 Å². The van der Waals surface area contributed by atoms with E-state index in [2.05, 4.69) is 10.2 Å². The highest BCUT2D eigenvalue weighted by molar-refractivity contribution is 5.86. The smallest absolute Gasteiger partial charge is 0.153 e. The van der Waals surface area contributed by atoms with Crippen molar-refractivity contribution in [1.29, 1.82) is 0 Å². The molecule has 0 atom stereocenters. The van der Waals surface area contributed by atoms with Crippen LogP contribution in [0.1, 0.15) is 6.42 Å². The number of anilines is 1. The molecule has 3 rings (SSSR count). The zero-order chi connectivity index (χ0) is 13.9. The van der Waals surface area contributed by atoms with Crippen molar-refractivity contribution in [3.8, 4) is 17.0 Å². The standard InChI is InChI=1S/C15H15N3O2/c1-20-14-5-3-2-4-12(14)13-6-7-15(17-16-13)18-9-8-11(19)10-18/h2-7H,8-10H2,1H3. The van der Waals surface area contributed by atoms with Crippen molar-refractivity contribution in [3.05, 3.63) is 36.4 Å². The van der Waals surface area contributed by atoms with Gasteiger partial charge in [-0.05, 0) is 24.3 Å². The fourth-order valence-electron chi connectivity index (χ4n) is 2.32. The summed E-state index contributed by atoms with van der Waals surface area (Å²) in [4.78, 5) is 13.2. The van der Waals surface area contributed by atoms with Crippen LogP contribution in [0.4, 0.5) is 5.82 Å². The van der Waals surface area contributed by atoms with Crippen LogP contribution in [0.5, 0.6) is 5.75 Å². The molecule has 0 N–H and O–H groups in total. The Morgan fingerprint density at radius 2 is 2.00 bits per heavy atom. The number of carbonyl (C=O) groups excluding carboxylic acids is 1. The van der Waals surface area contributed by atoms with Crippen LogP contribution >= 0.6 is 0 Å². The normalized spacial score (nSPS) is 14.7. The molecular formula is C15H15N3O2. The number of ether oxygens (including phenoxy) is 1. The Kier molecular flexibility index (Phi) is 3.33. The number of hydrogen-bond donors (Lipinski definition) is 0. The van der Waals surface area contributed by atoms with E-state index in [1.165, 1.54) is 0 Å². The Labute approximate surface area is 117 Å². The molecule has 102 valence electrons. The van der Waals surface area contributed by atoms with Crippen LogP contribution in [0.2, 0.25) is 0 Å². The summed E-state index contributed by atoms with van der Waals surface area (Å²) in [6, 6.07) is 11.5. The molecule has 0 radical (unpaired) electrons. The Hall–Kier alpha value is -2.43. The van der Waals surface area contributed by atoms with Gasteiger partial charge in [-0.2, -0.15) is 0 Å². The molecule has 1 aliphatic heterocycles. The van der Waals surface area contributed by atoms with Crippen molar-refractivity contribution < 1.29 is 9.53 Å². The molecule has 5 heteroatoms. The minimum absolute atomic E-state index is 0.251. The number of nitrogens with zero attached hydrogens (tertiary/aromatic N) is 3. The maximum Gasteiger partial charge on any atom is 0.153 e. The van der Waals surface area contributed by atoms with Crippen LogP contribution < -0.4 is 9.64 Å². The molecular weight excluding hydrogens is 254 g/mol. The van der Waals surface area contributed by atoms with Crippen molar-refractivity contribution in [3.63, 3.8) is 0 Å². The van der Waals surface area contributed by atoms with Crippen LogP contribution in [-0.4, -0.2) is 36.2 Å². The zero-order valence-corrected chi connectivity index (χ0v) is 11.2. The highest BCUT2D eigenvalue weighted by atomic mass is 16.5. The summed E-state index contributed by atoms with van der Waals surface area (Å²) >= 11 is 0. The first-order valence-corrected chi connectivity index (χ1v) is 6.51. The molecule has 5 nitrogen and oxygen atoms in total. The van der Waals surface area contributed by atoms with Gasteiger partial charge in [-0.15, -0.1) is 10.2 Å². The van der Waals surface area contributed by atoms with Gasteiger partial charge in [0, 0.05) is 18.5 Å². The number of hydrogen-bond acceptors (Lipinski definition) is 5. The number of carbonyl (C=O) groups is 1. The minimum atomic E-state index is 0.251. The summed E-state index contributed by atoms with van der Waals surface area (Å²) in [6.07, 6.45) is 0.593. The fraction of sp³-hybridized carbons (Fsp3) is 0.267. The maximum atomic E-state index is 11.3. The van der Waals surface area contributed by atoms with Crippen LogP contribution in [0.15, 0.2) is 36.4 Å². The molecule has 1 saturated heterocycles. The van der Waals surface area contributed by atoms with Crippen LogP contribution in [-0.2, 0) is 4.79 Å². The molecule has 1 fully saturated rings. The average Bonchev–Trinajstić information content (AvgIpc) is 2.94. The van der Waals surface area contributed by atoms with E-state index in [-0.39, 0.29) is 5.78 Å². The van der Waals surface area contributed by atoms with Crippen LogP contribution in [0.25, 0.3) is 11.3 Å². The monoisotopic (exact) mass is 269 g/mol. The molecule has 2 aromatic rings. The van der Waals surface area contributed by atoms with E-state index in [1.54, 1.807) is 7.11 Å². The molecule has 0 spiro atoms. The lowest BCUT2D eigenvalue weighted by Gasteiger charge is -2.14. The molecule has 0 aliphatic carbocycles. The summed E-state index contributed by atoms with van der Waals surface area (Å²) in [6.45, 7) is 1.16. The van der Waals surface area contributed by atoms with Gasteiger partial charge in [0.05, 0.1) is 19.3 Å². The average molecular weight is 269 g/mol. The lowest BCUT2D eigenvalue weighted by molar-refractivity contribution is -0.116. The molecule has 0 amide bonds. The lowest BCUT2D eigenvalue weighted by Crippen LogP contribution is -2.21. The van der Waals surface area contributed by atoms with Crippen molar-refractivity contribution in [1.82, 2.24) is 10.2 Å². The first-order valence-electron chi connectivity index (χ1n) is 6.51. The summed E-state index contributed by atoms with van der Waals surface area (Å²) in [5, 5.41) is 8.46. The molecule has 0 unspecified atom stereocenters. The minimum Gasteiger partial charge on any atom is -0.496 e. The first-order chi connectivity index (χ1) is 9.78. The van der Waals surface area contributed by atoms with E-state index in [9.17, 15) is 4.79 Å². The highest BCUT2D eigenvalue weighted by Crippen LogP contribution is 2.28. The number of benzene rings is 1. The summed E-state index contributed by atoms with van der Waals surface area (Å²) in [7, 11) is 1.64. The topological polar surface area (TPSA) is 55.3 Å². The zero-order valence-electron chi connectivity index (χ0n) is 11.2. The SMILES string of the molecule is COc1ccccc1-c1ccc(N2CCC(=O)C2)nn1. The van der Waals surface area contributed by atoms with E-state index < -0.39 is 0 Å². The van der Waals surface area contributed by atoms with Crippen LogP contribution in [0.3, 0.4) is 0 Å². The summed E-state index contributed by atoms with van der Waals surface area (Å²) in [5.74, 6) is 1.76. The van der Waals surface area contributed by atoms with Gasteiger partial charge in [-0.3, -0.25) is 4.79 Å². The Morgan fingerprint density at radius 1 is 1.15 bits per heavy atom. The number of Topliss-reactive ketones (excluding diaryl/α,β-unsaturated/α-hetero) is 1. The molecule has 1 aromatic carbocycles. The molecule has 20 heavy (non-hydrogen) atoms. The predicted octanol–water partition coefficient (Wildman–Crippen LogP) is 1.93. The van der Waals surface area contributed by atoms with Crippen LogP contribution in [0, 0.1) is 0 Å². The summed E-state index contributed by atoms with van der Waals surface area (Å²) in [5.41, 5.74) is 1.67. The number of rotatable bonds is 3. The summed E-state index contributed by atoms with van der Waals surface area (Å²) < 4.78 is 5.32. The van der Waals surface area contributed by atoms with E-state index in [4.69, 9.17) is 4.74 Å². The van der Waals surface area contributed by atoms with Gasteiger partial charge in [0.2, 0.25) is 0 Å². The lowest BCUT2D eigenvalue weighted by atomic mass is 10.1. The van der Waals surface area contributed by atoms with E-state index >= 15 is 0 Å². The second kappa shape index (κ2) is 5.28. The number of methoxy groups -OCH3 is 1. The van der Waals surface area contributed by atoms with Gasteiger partial charge in [-0.1, -0.05) is 12.1 Å². The Bertz CT molecular complexity index is 625. The van der Waals surface area contributed by atoms with E-state index in [0.29, 0.717) is 13.0 Å². The second-order valence-electron chi connectivity index (χ2n) is 4.69. The second-order valence-corrected chi connectivity index (χ2v) is 4.69. The van der Waals surface area contributed by atoms with Gasteiger partial charge >= 0.3 is 0 Å².